The van der Waals surface area contributed by atoms with Crippen LogP contribution in [0.4, 0.5) is 5.69 Å². The molecular formula is C14H19N3O. The van der Waals surface area contributed by atoms with Crippen molar-refractivity contribution >= 4 is 17.8 Å². The number of nitrogens with zero attached hydrogens (tertiary/aromatic N) is 3. The van der Waals surface area contributed by atoms with Crippen LogP contribution in [-0.2, 0) is 0 Å². The van der Waals surface area contributed by atoms with E-state index in [0.29, 0.717) is 5.56 Å². The molecule has 1 rings (SSSR count). The van der Waals surface area contributed by atoms with Gasteiger partial charge in [-0.25, -0.2) is 4.99 Å². The van der Waals surface area contributed by atoms with Crippen molar-refractivity contribution in [2.75, 3.05) is 28.2 Å². The predicted molar refractivity (Wildman–Crippen MR) is 75.4 cm³/mol. The molecule has 18 heavy (non-hydrogen) atoms. The molecule has 0 heterocycles. The van der Waals surface area contributed by atoms with E-state index in [2.05, 4.69) is 4.99 Å². The molecule has 4 nitrogen and oxygen atoms in total. The Labute approximate surface area is 108 Å². The van der Waals surface area contributed by atoms with Crippen LogP contribution in [0.3, 0.4) is 0 Å². The van der Waals surface area contributed by atoms with Gasteiger partial charge >= 0.3 is 0 Å². The normalized spacial score (nSPS) is 11.1. The summed E-state index contributed by atoms with van der Waals surface area (Å²) in [4.78, 5) is 19.7. The first-order chi connectivity index (χ1) is 8.49. The molecule has 0 fully saturated rings. The number of carbonyl (C=O) groups excluding carboxylic acids is 1. The summed E-state index contributed by atoms with van der Waals surface area (Å²) in [6.45, 7) is 0. The zero-order valence-corrected chi connectivity index (χ0v) is 11.3. The minimum Gasteiger partial charge on any atom is -0.383 e. The number of hydrogen-bond acceptors (Lipinski definition) is 3. The van der Waals surface area contributed by atoms with Crippen molar-refractivity contribution in [2.45, 2.75) is 0 Å². The van der Waals surface area contributed by atoms with Crippen molar-refractivity contribution in [3.63, 3.8) is 0 Å². The molecule has 0 amide bonds. The van der Waals surface area contributed by atoms with E-state index < -0.39 is 0 Å². The second-order valence-corrected chi connectivity index (χ2v) is 4.40. The van der Waals surface area contributed by atoms with Gasteiger partial charge in [0.25, 0.3) is 0 Å². The number of benzene rings is 1. The van der Waals surface area contributed by atoms with Gasteiger partial charge < -0.3 is 9.80 Å². The Morgan fingerprint density at radius 1 is 1.06 bits per heavy atom. The van der Waals surface area contributed by atoms with E-state index in [4.69, 9.17) is 0 Å². The van der Waals surface area contributed by atoms with E-state index in [1.165, 1.54) is 0 Å². The molecule has 4 heteroatoms. The Bertz CT molecular complexity index is 445. The van der Waals surface area contributed by atoms with Crippen LogP contribution < -0.4 is 0 Å². The summed E-state index contributed by atoms with van der Waals surface area (Å²) in [7, 11) is 7.58. The van der Waals surface area contributed by atoms with E-state index in [1.807, 2.05) is 50.1 Å². The van der Waals surface area contributed by atoms with E-state index in [0.717, 1.165) is 5.69 Å². The molecule has 0 atom stereocenters. The summed E-state index contributed by atoms with van der Waals surface area (Å²) in [5.41, 5.74) is 1.49. The van der Waals surface area contributed by atoms with Crippen LogP contribution in [0.15, 0.2) is 41.5 Å². The van der Waals surface area contributed by atoms with E-state index in [-0.39, 0.29) is 5.78 Å². The molecule has 0 saturated heterocycles. The van der Waals surface area contributed by atoms with Gasteiger partial charge in [0.15, 0.2) is 5.78 Å². The molecule has 0 aliphatic carbocycles. The zero-order valence-electron chi connectivity index (χ0n) is 11.3. The Hall–Kier alpha value is -2.10. The van der Waals surface area contributed by atoms with Crippen LogP contribution in [-0.4, -0.2) is 50.1 Å². The molecule has 0 aliphatic heterocycles. The summed E-state index contributed by atoms with van der Waals surface area (Å²) < 4.78 is 0. The number of aliphatic imine (C=N–C) groups is 1. The molecular weight excluding hydrogens is 226 g/mol. The number of ketones is 1. The molecule has 96 valence electrons. The highest BCUT2D eigenvalue weighted by Crippen LogP contribution is 2.13. The summed E-state index contributed by atoms with van der Waals surface area (Å²) in [5, 5.41) is 0. The summed E-state index contributed by atoms with van der Waals surface area (Å²) in [6.07, 6.45) is 5.02. The average molecular weight is 245 g/mol. The highest BCUT2D eigenvalue weighted by atomic mass is 16.1. The zero-order chi connectivity index (χ0) is 13.5. The standard InChI is InChI=1S/C14H19N3O/c1-16(2)10-9-14(18)12-5-7-13(8-6-12)15-11-17(3)4/h5-11H,1-4H3/b10-9+,15-11?. The molecule has 0 bridgehead atoms. The lowest BCUT2D eigenvalue weighted by atomic mass is 10.1. The Balaban J connectivity index is 2.74. The van der Waals surface area contributed by atoms with Crippen molar-refractivity contribution in [2.24, 2.45) is 4.99 Å². The first kappa shape index (κ1) is 14.0. The predicted octanol–water partition coefficient (Wildman–Crippen LogP) is 2.17. The van der Waals surface area contributed by atoms with Gasteiger partial charge in [-0.2, -0.15) is 0 Å². The quantitative estimate of drug-likeness (QED) is 0.345. The van der Waals surface area contributed by atoms with Crippen molar-refractivity contribution in [1.29, 1.82) is 0 Å². The lowest BCUT2D eigenvalue weighted by Crippen LogP contribution is -2.06. The number of allylic oxidation sites excluding steroid dienone is 1. The average Bonchev–Trinajstić information content (AvgIpc) is 2.34. The largest absolute Gasteiger partial charge is 0.383 e. The Morgan fingerprint density at radius 2 is 1.67 bits per heavy atom. The van der Waals surface area contributed by atoms with Gasteiger partial charge in [0.1, 0.15) is 0 Å². The van der Waals surface area contributed by atoms with Gasteiger partial charge in [-0.3, -0.25) is 4.79 Å². The Kier molecular flexibility index (Phi) is 5.11. The SMILES string of the molecule is CN(C)C=Nc1ccc(C(=O)/C=C/N(C)C)cc1. The third-order valence-corrected chi connectivity index (χ3v) is 2.11. The molecule has 0 unspecified atom stereocenters. The lowest BCUT2D eigenvalue weighted by Gasteiger charge is -2.04. The number of rotatable bonds is 5. The highest BCUT2D eigenvalue weighted by Gasteiger charge is 2.01. The maximum atomic E-state index is 11.8. The van der Waals surface area contributed by atoms with Gasteiger partial charge in [0, 0.05) is 46.0 Å². The smallest absolute Gasteiger partial charge is 0.187 e. The van der Waals surface area contributed by atoms with Crippen LogP contribution in [0.25, 0.3) is 0 Å². The first-order valence-electron chi connectivity index (χ1n) is 5.68. The molecule has 0 aliphatic rings. The van der Waals surface area contributed by atoms with Crippen LogP contribution >= 0.6 is 0 Å². The van der Waals surface area contributed by atoms with Crippen molar-refractivity contribution in [1.82, 2.24) is 9.80 Å². The fourth-order valence-electron chi connectivity index (χ4n) is 1.21. The van der Waals surface area contributed by atoms with Crippen LogP contribution in [0, 0.1) is 0 Å². The van der Waals surface area contributed by atoms with Crippen LogP contribution in [0.5, 0.6) is 0 Å². The van der Waals surface area contributed by atoms with Gasteiger partial charge in [-0.05, 0) is 24.3 Å². The molecule has 1 aromatic carbocycles. The number of carbonyl (C=O) groups is 1. The van der Waals surface area contributed by atoms with Gasteiger partial charge in [0.2, 0.25) is 0 Å². The molecule has 0 spiro atoms. The van der Waals surface area contributed by atoms with Crippen molar-refractivity contribution in [3.05, 3.63) is 42.1 Å². The summed E-state index contributed by atoms with van der Waals surface area (Å²) in [5.74, 6) is -0.00756. The lowest BCUT2D eigenvalue weighted by molar-refractivity contribution is 0.104. The summed E-state index contributed by atoms with van der Waals surface area (Å²) >= 11 is 0. The minimum absolute atomic E-state index is 0.00756. The van der Waals surface area contributed by atoms with Crippen LogP contribution in [0.2, 0.25) is 0 Å². The maximum Gasteiger partial charge on any atom is 0.187 e. The second-order valence-electron chi connectivity index (χ2n) is 4.40. The Morgan fingerprint density at radius 3 is 2.17 bits per heavy atom. The van der Waals surface area contributed by atoms with E-state index in [1.54, 1.807) is 30.7 Å². The molecule has 1 aromatic rings. The van der Waals surface area contributed by atoms with Gasteiger partial charge in [0.05, 0.1) is 12.0 Å². The highest BCUT2D eigenvalue weighted by molar-refractivity contribution is 6.04. The third-order valence-electron chi connectivity index (χ3n) is 2.11. The third kappa shape index (κ3) is 4.82. The minimum atomic E-state index is -0.00756. The van der Waals surface area contributed by atoms with Gasteiger partial charge in [-0.1, -0.05) is 0 Å². The first-order valence-corrected chi connectivity index (χ1v) is 5.68. The van der Waals surface area contributed by atoms with Crippen molar-refractivity contribution in [3.8, 4) is 0 Å². The van der Waals surface area contributed by atoms with Crippen molar-refractivity contribution < 1.29 is 4.79 Å². The fourth-order valence-corrected chi connectivity index (χ4v) is 1.21. The monoisotopic (exact) mass is 245 g/mol. The van der Waals surface area contributed by atoms with Crippen LogP contribution in [0.1, 0.15) is 10.4 Å². The summed E-state index contributed by atoms with van der Waals surface area (Å²) in [6, 6.07) is 7.22. The molecule has 0 aromatic heterocycles. The topological polar surface area (TPSA) is 35.9 Å². The van der Waals surface area contributed by atoms with Gasteiger partial charge in [-0.15, -0.1) is 0 Å². The molecule has 0 N–H and O–H groups in total. The van der Waals surface area contributed by atoms with E-state index >= 15 is 0 Å². The number of hydrogen-bond donors (Lipinski definition) is 0. The maximum absolute atomic E-state index is 11.8. The molecule has 0 radical (unpaired) electrons. The second kappa shape index (κ2) is 6.59. The molecule has 0 saturated carbocycles. The van der Waals surface area contributed by atoms with E-state index in [9.17, 15) is 4.79 Å². The fraction of sp³-hybridized carbons (Fsp3) is 0.286.